The average molecular weight is 436 g/mol. The van der Waals surface area contributed by atoms with E-state index < -0.39 is 0 Å². The molecule has 6 nitrogen and oxygen atoms in total. The highest BCUT2D eigenvalue weighted by Gasteiger charge is 2.15. The smallest absolute Gasteiger partial charge is 0.236 e. The number of para-hydroxylation sites is 1. The molecule has 0 aliphatic heterocycles. The number of rotatable bonds is 6. The van der Waals surface area contributed by atoms with Crippen LogP contribution in [0.4, 0.5) is 5.13 Å². The largest absolute Gasteiger partial charge is 0.301 e. The van der Waals surface area contributed by atoms with Crippen molar-refractivity contribution in [1.29, 1.82) is 0 Å². The molecule has 0 aliphatic carbocycles. The molecule has 8 heteroatoms. The van der Waals surface area contributed by atoms with E-state index in [9.17, 15) is 4.79 Å². The first-order valence-corrected chi connectivity index (χ1v) is 11.3. The van der Waals surface area contributed by atoms with Crippen molar-refractivity contribution >= 4 is 34.1 Å². The van der Waals surface area contributed by atoms with E-state index in [2.05, 4.69) is 39.6 Å². The molecule has 0 bridgehead atoms. The predicted octanol–water partition coefficient (Wildman–Crippen LogP) is 5.05. The van der Waals surface area contributed by atoms with E-state index in [0.29, 0.717) is 10.3 Å². The third-order valence-corrected chi connectivity index (χ3v) is 6.27. The molecular weight excluding hydrogens is 414 g/mol. The lowest BCUT2D eigenvalue weighted by Gasteiger charge is -2.10. The number of hydrogen-bond acceptors (Lipinski definition) is 6. The summed E-state index contributed by atoms with van der Waals surface area (Å²) in [5.41, 5.74) is 5.24. The molecule has 0 radical (unpaired) electrons. The van der Waals surface area contributed by atoms with E-state index in [1.54, 1.807) is 0 Å². The zero-order valence-corrected chi connectivity index (χ0v) is 18.5. The molecule has 30 heavy (non-hydrogen) atoms. The van der Waals surface area contributed by atoms with Crippen LogP contribution in [0.2, 0.25) is 0 Å². The van der Waals surface area contributed by atoms with E-state index in [-0.39, 0.29) is 11.7 Å². The Kier molecular flexibility index (Phi) is 5.96. The van der Waals surface area contributed by atoms with Gasteiger partial charge >= 0.3 is 0 Å². The first-order chi connectivity index (χ1) is 14.5. The van der Waals surface area contributed by atoms with Crippen LogP contribution in [0.15, 0.2) is 59.1 Å². The lowest BCUT2D eigenvalue weighted by molar-refractivity contribution is -0.113. The molecule has 152 valence electrons. The fourth-order valence-corrected chi connectivity index (χ4v) is 4.53. The topological polar surface area (TPSA) is 72.7 Å². The van der Waals surface area contributed by atoms with Crippen molar-refractivity contribution in [2.24, 2.45) is 0 Å². The third-order valence-electron chi connectivity index (χ3n) is 4.58. The van der Waals surface area contributed by atoms with E-state index in [4.69, 9.17) is 0 Å². The second-order valence-electron chi connectivity index (χ2n) is 6.89. The Bertz CT molecular complexity index is 1180. The van der Waals surface area contributed by atoms with E-state index in [0.717, 1.165) is 28.3 Å². The summed E-state index contributed by atoms with van der Waals surface area (Å²) in [4.78, 5) is 17.0. The lowest BCUT2D eigenvalue weighted by Crippen LogP contribution is -2.14. The minimum Gasteiger partial charge on any atom is -0.301 e. The normalized spacial score (nSPS) is 10.9. The van der Waals surface area contributed by atoms with Crippen molar-refractivity contribution in [2.45, 2.75) is 25.9 Å². The van der Waals surface area contributed by atoms with Crippen LogP contribution in [0.5, 0.6) is 0 Å². The van der Waals surface area contributed by atoms with Crippen LogP contribution in [-0.4, -0.2) is 31.4 Å². The van der Waals surface area contributed by atoms with Crippen LogP contribution in [0, 0.1) is 20.8 Å². The molecule has 2 aromatic carbocycles. The Hall–Kier alpha value is -2.97. The first kappa shape index (κ1) is 20.3. The van der Waals surface area contributed by atoms with Crippen LogP contribution in [0.25, 0.3) is 16.9 Å². The van der Waals surface area contributed by atoms with Crippen LogP contribution < -0.4 is 5.32 Å². The number of aryl methyl sites for hydroxylation is 3. The number of nitrogens with zero attached hydrogens (tertiary/aromatic N) is 4. The summed E-state index contributed by atoms with van der Waals surface area (Å²) in [5, 5.41) is 14.5. The number of hydrogen-bond donors (Lipinski definition) is 1. The van der Waals surface area contributed by atoms with Crippen molar-refractivity contribution in [2.75, 3.05) is 11.1 Å². The molecule has 2 heterocycles. The molecule has 0 spiro atoms. The van der Waals surface area contributed by atoms with Gasteiger partial charge in [-0.1, -0.05) is 59.8 Å². The molecule has 4 aromatic rings. The van der Waals surface area contributed by atoms with E-state index in [1.165, 1.54) is 28.7 Å². The van der Waals surface area contributed by atoms with E-state index >= 15 is 0 Å². The second-order valence-corrected chi connectivity index (χ2v) is 8.69. The van der Waals surface area contributed by atoms with Gasteiger partial charge in [0.15, 0.2) is 10.3 Å². The highest BCUT2D eigenvalue weighted by atomic mass is 32.2. The monoisotopic (exact) mass is 435 g/mol. The average Bonchev–Trinajstić information content (AvgIpc) is 3.34. The zero-order chi connectivity index (χ0) is 21.1. The highest BCUT2D eigenvalue weighted by molar-refractivity contribution is 7.99. The molecule has 4 rings (SSSR count). The van der Waals surface area contributed by atoms with Gasteiger partial charge in [-0.05, 0) is 32.4 Å². The summed E-state index contributed by atoms with van der Waals surface area (Å²) in [5.74, 6) is 0.889. The van der Waals surface area contributed by atoms with E-state index in [1.807, 2.05) is 60.2 Å². The number of carbonyl (C=O) groups is 1. The Morgan fingerprint density at radius 1 is 1.07 bits per heavy atom. The summed E-state index contributed by atoms with van der Waals surface area (Å²) in [7, 11) is 0. The van der Waals surface area contributed by atoms with Crippen LogP contribution in [0.3, 0.4) is 0 Å². The Balaban J connectivity index is 1.42. The maximum Gasteiger partial charge on any atom is 0.236 e. The number of thiazole rings is 1. The Morgan fingerprint density at radius 3 is 2.60 bits per heavy atom. The number of benzene rings is 2. The molecule has 0 fully saturated rings. The molecule has 0 aliphatic rings. The van der Waals surface area contributed by atoms with Crippen molar-refractivity contribution in [3.05, 3.63) is 70.9 Å². The number of aromatic nitrogens is 4. The SMILES string of the molecule is Cc1ccc(-c2csc(NC(=O)CSc3nnc(C)n3-c3ccccc3C)n2)cc1. The molecule has 1 amide bonds. The van der Waals surface area contributed by atoms with Gasteiger partial charge in [-0.2, -0.15) is 0 Å². The van der Waals surface area contributed by atoms with Gasteiger partial charge in [-0.15, -0.1) is 21.5 Å². The summed E-state index contributed by atoms with van der Waals surface area (Å²) in [6, 6.07) is 16.2. The number of amides is 1. The standard InChI is InChI=1S/C22H21N5OS2/c1-14-8-10-17(11-9-14)18-12-29-21(23-18)24-20(28)13-30-22-26-25-16(3)27(22)19-7-5-4-6-15(19)2/h4-12H,13H2,1-3H3,(H,23,24,28). The van der Waals surface area contributed by atoms with Gasteiger partial charge in [0.25, 0.3) is 0 Å². The van der Waals surface area contributed by atoms with Crippen molar-refractivity contribution < 1.29 is 4.79 Å². The summed E-state index contributed by atoms with van der Waals surface area (Å²) < 4.78 is 1.98. The summed E-state index contributed by atoms with van der Waals surface area (Å²) in [6.07, 6.45) is 0. The van der Waals surface area contributed by atoms with Gasteiger partial charge in [0, 0.05) is 10.9 Å². The van der Waals surface area contributed by atoms with Crippen LogP contribution in [-0.2, 0) is 4.79 Å². The molecular formula is C22H21N5OS2. The molecule has 0 saturated carbocycles. The van der Waals surface area contributed by atoms with Crippen molar-refractivity contribution in [3.63, 3.8) is 0 Å². The predicted molar refractivity (Wildman–Crippen MR) is 122 cm³/mol. The minimum absolute atomic E-state index is 0.123. The minimum atomic E-state index is -0.123. The molecule has 1 N–H and O–H groups in total. The van der Waals surface area contributed by atoms with Gasteiger partial charge in [0.2, 0.25) is 5.91 Å². The molecule has 0 saturated heterocycles. The van der Waals surface area contributed by atoms with Gasteiger partial charge in [0.1, 0.15) is 5.82 Å². The number of nitrogens with one attached hydrogen (secondary N) is 1. The first-order valence-electron chi connectivity index (χ1n) is 9.44. The summed E-state index contributed by atoms with van der Waals surface area (Å²) >= 11 is 2.78. The third kappa shape index (κ3) is 4.44. The zero-order valence-electron chi connectivity index (χ0n) is 16.9. The maximum absolute atomic E-state index is 12.5. The number of thioether (sulfide) groups is 1. The quantitative estimate of drug-likeness (QED) is 0.429. The van der Waals surface area contributed by atoms with Crippen molar-refractivity contribution in [3.8, 4) is 16.9 Å². The lowest BCUT2D eigenvalue weighted by atomic mass is 10.1. The number of anilines is 1. The molecule has 0 atom stereocenters. The highest BCUT2D eigenvalue weighted by Crippen LogP contribution is 2.26. The Morgan fingerprint density at radius 2 is 1.83 bits per heavy atom. The van der Waals surface area contributed by atoms with Gasteiger partial charge in [-0.25, -0.2) is 4.98 Å². The van der Waals surface area contributed by atoms with Crippen molar-refractivity contribution in [1.82, 2.24) is 19.7 Å². The fraction of sp³-hybridized carbons (Fsp3) is 0.182. The summed E-state index contributed by atoms with van der Waals surface area (Å²) in [6.45, 7) is 6.01. The maximum atomic E-state index is 12.5. The second kappa shape index (κ2) is 8.81. The molecule has 0 unspecified atom stereocenters. The van der Waals surface area contributed by atoms with Crippen LogP contribution >= 0.6 is 23.1 Å². The van der Waals surface area contributed by atoms with Gasteiger partial charge in [0.05, 0.1) is 17.1 Å². The molecule has 2 aromatic heterocycles. The Labute approximate surface area is 183 Å². The van der Waals surface area contributed by atoms with Gasteiger partial charge < -0.3 is 5.32 Å². The fourth-order valence-electron chi connectivity index (χ4n) is 3.00. The van der Waals surface area contributed by atoms with Crippen LogP contribution in [0.1, 0.15) is 17.0 Å². The number of carbonyl (C=O) groups excluding carboxylic acids is 1. The van der Waals surface area contributed by atoms with Gasteiger partial charge in [-0.3, -0.25) is 9.36 Å².